The number of nitrogen functional groups attached to an aromatic ring is 1. The molecule has 0 radical (unpaired) electrons. The predicted octanol–water partition coefficient (Wildman–Crippen LogP) is 4.88. The maximum absolute atomic E-state index is 12.6. The lowest BCUT2D eigenvalue weighted by atomic mass is 10.3. The first kappa shape index (κ1) is 23.1. The van der Waals surface area contributed by atoms with Crippen LogP contribution in [-0.4, -0.2) is 35.8 Å². The second-order valence-corrected chi connectivity index (χ2v) is 9.23. The highest BCUT2D eigenvalue weighted by atomic mass is 35.5. The predicted molar refractivity (Wildman–Crippen MR) is 126 cm³/mol. The van der Waals surface area contributed by atoms with Crippen LogP contribution >= 0.6 is 23.2 Å². The zero-order valence-corrected chi connectivity index (χ0v) is 19.3. The third kappa shape index (κ3) is 5.19. The molecule has 1 aromatic heterocycles. The number of hydrogen-bond donors (Lipinski definition) is 3. The van der Waals surface area contributed by atoms with Crippen molar-refractivity contribution in [1.29, 1.82) is 0 Å². The minimum absolute atomic E-state index is 0.222. The maximum Gasteiger partial charge on any atom is 0.243 e. The molecule has 1 heterocycles. The molecule has 164 valence electrons. The van der Waals surface area contributed by atoms with Crippen LogP contribution in [0.3, 0.4) is 0 Å². The molecule has 0 bridgehead atoms. The minimum Gasteiger partial charge on any atom is -0.393 e. The van der Waals surface area contributed by atoms with E-state index in [0.717, 1.165) is 0 Å². The third-order valence-electron chi connectivity index (χ3n) is 4.53. The van der Waals surface area contributed by atoms with Crippen molar-refractivity contribution in [2.75, 3.05) is 29.5 Å². The summed E-state index contributed by atoms with van der Waals surface area (Å²) in [4.78, 5) is 8.56. The van der Waals surface area contributed by atoms with E-state index in [1.807, 2.05) is 0 Å². The van der Waals surface area contributed by atoms with Crippen molar-refractivity contribution >= 4 is 61.9 Å². The van der Waals surface area contributed by atoms with Crippen molar-refractivity contribution in [3.63, 3.8) is 0 Å². The van der Waals surface area contributed by atoms with Gasteiger partial charge < -0.3 is 16.4 Å². The molecule has 8 nitrogen and oxygen atoms in total. The largest absolute Gasteiger partial charge is 0.393 e. The Balaban J connectivity index is 1.80. The van der Waals surface area contributed by atoms with Gasteiger partial charge in [-0.1, -0.05) is 37.0 Å². The monoisotopic (exact) mass is 480 g/mol. The Morgan fingerprint density at radius 2 is 1.45 bits per heavy atom. The molecular weight excluding hydrogens is 459 g/mol. The molecule has 0 atom stereocenters. The van der Waals surface area contributed by atoms with Gasteiger partial charge in [-0.2, -0.15) is 4.31 Å². The smallest absolute Gasteiger partial charge is 0.243 e. The maximum atomic E-state index is 12.6. The lowest BCUT2D eigenvalue weighted by molar-refractivity contribution is 0.445. The molecule has 0 aliphatic carbocycles. The van der Waals surface area contributed by atoms with E-state index in [-0.39, 0.29) is 10.6 Å². The summed E-state index contributed by atoms with van der Waals surface area (Å²) in [5.41, 5.74) is 7.79. The number of rotatable bonds is 8. The fourth-order valence-electron chi connectivity index (χ4n) is 2.86. The van der Waals surface area contributed by atoms with E-state index in [2.05, 4.69) is 20.6 Å². The number of hydrogen-bond acceptors (Lipinski definition) is 7. The number of nitrogens with zero attached hydrogens (tertiary/aromatic N) is 3. The average Bonchev–Trinajstić information content (AvgIpc) is 2.75. The molecule has 0 saturated heterocycles. The zero-order chi connectivity index (χ0) is 22.6. The highest BCUT2D eigenvalue weighted by Gasteiger charge is 2.21. The summed E-state index contributed by atoms with van der Waals surface area (Å²) < 4.78 is 26.6. The first-order chi connectivity index (χ1) is 14.8. The van der Waals surface area contributed by atoms with Crippen LogP contribution in [-0.2, 0) is 10.0 Å². The van der Waals surface area contributed by atoms with Gasteiger partial charge in [0.05, 0.1) is 14.9 Å². The van der Waals surface area contributed by atoms with Crippen LogP contribution in [0.1, 0.15) is 13.8 Å². The molecule has 0 saturated carbocycles. The Hall–Kier alpha value is -2.59. The second-order valence-electron chi connectivity index (χ2n) is 6.48. The van der Waals surface area contributed by atoms with Crippen LogP contribution < -0.4 is 16.4 Å². The van der Waals surface area contributed by atoms with E-state index < -0.39 is 10.0 Å². The van der Waals surface area contributed by atoms with Crippen LogP contribution in [0.5, 0.6) is 0 Å². The topological polar surface area (TPSA) is 113 Å². The SMILES string of the molecule is CCN(CC)S(=O)(=O)c1ccc(Nc2ncnc(Nc3ccc(Cl)c(Cl)c3)c2N)cc1. The van der Waals surface area contributed by atoms with Crippen LogP contribution in [0, 0.1) is 0 Å². The molecule has 0 unspecified atom stereocenters. The number of aromatic nitrogens is 2. The lowest BCUT2D eigenvalue weighted by Crippen LogP contribution is -2.30. The van der Waals surface area contributed by atoms with Gasteiger partial charge in [-0.3, -0.25) is 0 Å². The molecule has 0 amide bonds. The minimum atomic E-state index is -3.52. The van der Waals surface area contributed by atoms with Crippen molar-refractivity contribution in [2.45, 2.75) is 18.7 Å². The number of nitrogens with one attached hydrogen (secondary N) is 2. The Kier molecular flexibility index (Phi) is 7.22. The highest BCUT2D eigenvalue weighted by Crippen LogP contribution is 2.31. The summed E-state index contributed by atoms with van der Waals surface area (Å²) in [5.74, 6) is 0.758. The molecule has 3 rings (SSSR count). The molecule has 31 heavy (non-hydrogen) atoms. The summed E-state index contributed by atoms with van der Waals surface area (Å²) in [6, 6.07) is 11.5. The molecular formula is C20H22Cl2N6O2S. The van der Waals surface area contributed by atoms with Gasteiger partial charge in [-0.25, -0.2) is 18.4 Å². The van der Waals surface area contributed by atoms with Gasteiger partial charge >= 0.3 is 0 Å². The van der Waals surface area contributed by atoms with Gasteiger partial charge in [0.2, 0.25) is 10.0 Å². The quantitative estimate of drug-likeness (QED) is 0.420. The fourth-order valence-corrected chi connectivity index (χ4v) is 4.62. The van der Waals surface area contributed by atoms with Gasteiger partial charge in [0.1, 0.15) is 12.0 Å². The number of halogens is 2. The Morgan fingerprint density at radius 1 is 0.903 bits per heavy atom. The number of nitrogens with two attached hydrogens (primary N) is 1. The van der Waals surface area contributed by atoms with E-state index in [9.17, 15) is 8.42 Å². The van der Waals surface area contributed by atoms with E-state index >= 15 is 0 Å². The highest BCUT2D eigenvalue weighted by molar-refractivity contribution is 7.89. The molecule has 11 heteroatoms. The molecule has 3 aromatic rings. The van der Waals surface area contributed by atoms with Gasteiger partial charge in [0.15, 0.2) is 11.6 Å². The van der Waals surface area contributed by atoms with Crippen molar-refractivity contribution in [3.05, 3.63) is 58.8 Å². The molecule has 0 aliphatic rings. The Labute approximate surface area is 191 Å². The number of sulfonamides is 1. The summed E-state index contributed by atoms with van der Waals surface area (Å²) in [7, 11) is -3.52. The number of anilines is 5. The van der Waals surface area contributed by atoms with Crippen LogP contribution in [0.4, 0.5) is 28.7 Å². The van der Waals surface area contributed by atoms with E-state index in [0.29, 0.717) is 46.1 Å². The van der Waals surface area contributed by atoms with E-state index in [1.165, 1.54) is 10.6 Å². The zero-order valence-electron chi connectivity index (χ0n) is 16.9. The molecule has 4 N–H and O–H groups in total. The average molecular weight is 481 g/mol. The van der Waals surface area contributed by atoms with Crippen molar-refractivity contribution in [1.82, 2.24) is 14.3 Å². The van der Waals surface area contributed by atoms with Crippen molar-refractivity contribution in [3.8, 4) is 0 Å². The van der Waals surface area contributed by atoms with E-state index in [4.69, 9.17) is 28.9 Å². The van der Waals surface area contributed by atoms with Gasteiger partial charge in [-0.05, 0) is 42.5 Å². The van der Waals surface area contributed by atoms with E-state index in [1.54, 1.807) is 56.3 Å². The fraction of sp³-hybridized carbons (Fsp3) is 0.200. The molecule has 2 aromatic carbocycles. The standard InChI is InChI=1S/C20H22Cl2N6O2S/c1-3-28(4-2)31(29,30)15-8-5-13(6-9-15)26-19-18(23)20(25-12-24-19)27-14-7-10-16(21)17(22)11-14/h5-12H,3-4,23H2,1-2H3,(H2,24,25,26,27). The lowest BCUT2D eigenvalue weighted by Gasteiger charge is -2.18. The Morgan fingerprint density at radius 3 is 2.00 bits per heavy atom. The van der Waals surface area contributed by atoms with Gasteiger partial charge in [0, 0.05) is 24.5 Å². The molecule has 0 fully saturated rings. The number of benzene rings is 2. The molecule has 0 spiro atoms. The first-order valence-corrected chi connectivity index (χ1v) is 11.7. The van der Waals surface area contributed by atoms with Crippen LogP contribution in [0.15, 0.2) is 53.7 Å². The summed E-state index contributed by atoms with van der Waals surface area (Å²) in [6.45, 7) is 4.42. The van der Waals surface area contributed by atoms with Gasteiger partial charge in [-0.15, -0.1) is 0 Å². The van der Waals surface area contributed by atoms with Crippen LogP contribution in [0.25, 0.3) is 0 Å². The van der Waals surface area contributed by atoms with Crippen molar-refractivity contribution in [2.24, 2.45) is 0 Å². The van der Waals surface area contributed by atoms with Gasteiger partial charge in [0.25, 0.3) is 0 Å². The summed E-state index contributed by atoms with van der Waals surface area (Å²) >= 11 is 12.0. The first-order valence-electron chi connectivity index (χ1n) is 9.46. The summed E-state index contributed by atoms with van der Waals surface area (Å²) in [5, 5.41) is 7.00. The summed E-state index contributed by atoms with van der Waals surface area (Å²) in [6.07, 6.45) is 1.36. The Bertz CT molecular complexity index is 1170. The molecule has 0 aliphatic heterocycles. The normalized spacial score (nSPS) is 11.5. The second kappa shape index (κ2) is 9.69. The third-order valence-corrected chi connectivity index (χ3v) is 7.33. The van der Waals surface area contributed by atoms with Crippen LogP contribution in [0.2, 0.25) is 10.0 Å². The van der Waals surface area contributed by atoms with Crippen molar-refractivity contribution < 1.29 is 8.42 Å².